The van der Waals surface area contributed by atoms with Crippen molar-refractivity contribution in [1.29, 1.82) is 0 Å². The Morgan fingerprint density at radius 1 is 1.35 bits per heavy atom. The van der Waals surface area contributed by atoms with Crippen LogP contribution >= 0.6 is 11.3 Å². The van der Waals surface area contributed by atoms with Gasteiger partial charge in [-0.25, -0.2) is 4.79 Å². The first-order chi connectivity index (χ1) is 10.7. The molecule has 0 fully saturated rings. The molecule has 0 aliphatic heterocycles. The Hall–Kier alpha value is -2.42. The van der Waals surface area contributed by atoms with E-state index in [2.05, 4.69) is 10.6 Å². The predicted molar refractivity (Wildman–Crippen MR) is 85.3 cm³/mol. The first-order valence-electron chi connectivity index (χ1n) is 6.96. The molecule has 5 N–H and O–H groups in total. The van der Waals surface area contributed by atoms with E-state index < -0.39 is 23.8 Å². The summed E-state index contributed by atoms with van der Waals surface area (Å²) in [5, 5.41) is 14.4. The molecule has 0 aliphatic rings. The molecule has 0 radical (unpaired) electrons. The number of thiophene rings is 1. The lowest BCUT2D eigenvalue weighted by atomic mass is 10.1. The van der Waals surface area contributed by atoms with Gasteiger partial charge in [-0.15, -0.1) is 11.3 Å². The number of nitrogens with one attached hydrogen (secondary N) is 2. The third kappa shape index (κ3) is 5.70. The molecule has 1 rings (SSSR count). The van der Waals surface area contributed by atoms with E-state index in [4.69, 9.17) is 10.8 Å². The minimum atomic E-state index is -1.26. The van der Waals surface area contributed by atoms with E-state index in [0.717, 1.165) is 4.88 Å². The molecule has 0 aromatic carbocycles. The number of primary amides is 1. The minimum absolute atomic E-state index is 0.101. The number of aryl methyl sites for hydroxylation is 1. The van der Waals surface area contributed by atoms with Crippen molar-refractivity contribution >= 4 is 40.0 Å². The highest BCUT2D eigenvalue weighted by molar-refractivity contribution is 7.16. The van der Waals surface area contributed by atoms with Gasteiger partial charge in [-0.3, -0.25) is 14.4 Å². The molecule has 0 saturated carbocycles. The Morgan fingerprint density at radius 3 is 2.48 bits per heavy atom. The Labute approximate surface area is 137 Å². The topological polar surface area (TPSA) is 139 Å². The van der Waals surface area contributed by atoms with Crippen LogP contribution in [0.25, 0.3) is 0 Å². The fourth-order valence-corrected chi connectivity index (χ4v) is 2.86. The van der Waals surface area contributed by atoms with Crippen LogP contribution < -0.4 is 16.4 Å². The summed E-state index contributed by atoms with van der Waals surface area (Å²) in [7, 11) is 0. The molecule has 1 aromatic rings. The molecule has 3 amide bonds. The summed E-state index contributed by atoms with van der Waals surface area (Å²) in [6, 6.07) is 0.378. The van der Waals surface area contributed by atoms with Crippen molar-refractivity contribution in [2.75, 3.05) is 5.32 Å². The van der Waals surface area contributed by atoms with E-state index in [1.807, 2.05) is 6.92 Å². The normalized spacial score (nSPS) is 11.6. The third-order valence-corrected chi connectivity index (χ3v) is 4.14. The van der Waals surface area contributed by atoms with Crippen molar-refractivity contribution in [2.45, 2.75) is 39.2 Å². The Bertz CT molecular complexity index is 626. The SMILES string of the molecule is CCc1cc(C(=O)NC(CCC(N)=O)C(=O)O)c(NC(C)=O)s1. The van der Waals surface area contributed by atoms with E-state index in [1.54, 1.807) is 6.07 Å². The average Bonchev–Trinajstić information content (AvgIpc) is 2.84. The van der Waals surface area contributed by atoms with E-state index in [-0.39, 0.29) is 24.3 Å². The molecule has 23 heavy (non-hydrogen) atoms. The zero-order chi connectivity index (χ0) is 17.6. The first kappa shape index (κ1) is 18.6. The van der Waals surface area contributed by atoms with Gasteiger partial charge in [-0.05, 0) is 18.9 Å². The molecule has 9 heteroatoms. The van der Waals surface area contributed by atoms with Crippen LogP contribution in [0.2, 0.25) is 0 Å². The fraction of sp³-hybridized carbons (Fsp3) is 0.429. The van der Waals surface area contributed by atoms with Gasteiger partial charge in [0.15, 0.2) is 0 Å². The molecule has 8 nitrogen and oxygen atoms in total. The largest absolute Gasteiger partial charge is 0.480 e. The highest BCUT2D eigenvalue weighted by atomic mass is 32.1. The lowest BCUT2D eigenvalue weighted by molar-refractivity contribution is -0.139. The van der Waals surface area contributed by atoms with Crippen LogP contribution in [0.15, 0.2) is 6.07 Å². The van der Waals surface area contributed by atoms with Gasteiger partial charge in [0.25, 0.3) is 5.91 Å². The van der Waals surface area contributed by atoms with E-state index in [0.29, 0.717) is 11.4 Å². The number of aliphatic carboxylic acids is 1. The summed E-state index contributed by atoms with van der Waals surface area (Å²) in [4.78, 5) is 46.3. The van der Waals surface area contributed by atoms with Gasteiger partial charge in [0.05, 0.1) is 5.56 Å². The number of anilines is 1. The summed E-state index contributed by atoms with van der Waals surface area (Å²) >= 11 is 1.26. The second-order valence-corrected chi connectivity index (χ2v) is 6.00. The number of carbonyl (C=O) groups is 4. The van der Waals surface area contributed by atoms with Gasteiger partial charge in [-0.1, -0.05) is 6.92 Å². The lowest BCUT2D eigenvalue weighted by Crippen LogP contribution is -2.41. The zero-order valence-electron chi connectivity index (χ0n) is 12.8. The minimum Gasteiger partial charge on any atom is -0.480 e. The predicted octanol–water partition coefficient (Wildman–Crippen LogP) is 0.717. The van der Waals surface area contributed by atoms with E-state index >= 15 is 0 Å². The molecule has 1 unspecified atom stereocenters. The lowest BCUT2D eigenvalue weighted by Gasteiger charge is -2.14. The smallest absolute Gasteiger partial charge is 0.326 e. The number of nitrogens with two attached hydrogens (primary N) is 1. The maximum absolute atomic E-state index is 12.3. The Morgan fingerprint density at radius 2 is 2.00 bits per heavy atom. The van der Waals surface area contributed by atoms with Crippen LogP contribution in [-0.2, 0) is 20.8 Å². The molecule has 0 spiro atoms. The van der Waals surface area contributed by atoms with E-state index in [9.17, 15) is 19.2 Å². The number of hydrogen-bond donors (Lipinski definition) is 4. The highest BCUT2D eigenvalue weighted by Crippen LogP contribution is 2.28. The summed E-state index contributed by atoms with van der Waals surface area (Å²) in [5.41, 5.74) is 5.19. The van der Waals surface area contributed by atoms with E-state index in [1.165, 1.54) is 18.3 Å². The molecular weight excluding hydrogens is 322 g/mol. The monoisotopic (exact) mass is 341 g/mol. The van der Waals surface area contributed by atoms with Gasteiger partial charge in [-0.2, -0.15) is 0 Å². The molecule has 0 aliphatic carbocycles. The zero-order valence-corrected chi connectivity index (χ0v) is 13.7. The summed E-state index contributed by atoms with van der Waals surface area (Å²) in [6.45, 7) is 3.22. The third-order valence-electron chi connectivity index (χ3n) is 2.95. The summed E-state index contributed by atoms with van der Waals surface area (Å²) in [6.07, 6.45) is 0.421. The maximum atomic E-state index is 12.3. The number of carbonyl (C=O) groups excluding carboxylic acids is 3. The van der Waals surface area contributed by atoms with Crippen molar-refractivity contribution in [1.82, 2.24) is 5.32 Å². The number of rotatable bonds is 8. The molecule has 1 heterocycles. The first-order valence-corrected chi connectivity index (χ1v) is 7.78. The number of hydrogen-bond acceptors (Lipinski definition) is 5. The van der Waals surface area contributed by atoms with Gasteiger partial charge in [0, 0.05) is 18.2 Å². The van der Waals surface area contributed by atoms with Crippen LogP contribution in [0.5, 0.6) is 0 Å². The molecule has 126 valence electrons. The number of amides is 3. The van der Waals surface area contributed by atoms with Crippen LogP contribution in [0.4, 0.5) is 5.00 Å². The fourth-order valence-electron chi connectivity index (χ4n) is 1.82. The second kappa shape index (κ2) is 8.28. The highest BCUT2D eigenvalue weighted by Gasteiger charge is 2.24. The van der Waals surface area contributed by atoms with Crippen molar-refractivity contribution in [3.8, 4) is 0 Å². The van der Waals surface area contributed by atoms with Crippen LogP contribution in [-0.4, -0.2) is 34.8 Å². The van der Waals surface area contributed by atoms with Crippen molar-refractivity contribution in [3.63, 3.8) is 0 Å². The maximum Gasteiger partial charge on any atom is 0.326 e. The molecule has 1 atom stereocenters. The quantitative estimate of drug-likeness (QED) is 0.552. The van der Waals surface area contributed by atoms with Crippen LogP contribution in [0.1, 0.15) is 41.9 Å². The summed E-state index contributed by atoms with van der Waals surface area (Å²) < 4.78 is 0. The van der Waals surface area contributed by atoms with Crippen molar-refractivity contribution in [2.24, 2.45) is 5.73 Å². The molecular formula is C14H19N3O5S. The molecule has 0 bridgehead atoms. The van der Waals surface area contributed by atoms with Crippen LogP contribution in [0.3, 0.4) is 0 Å². The standard InChI is InChI=1S/C14H19N3O5S/c1-3-8-6-9(13(23-8)16-7(2)18)12(20)17-10(14(21)22)4-5-11(15)19/h6,10H,3-5H2,1-2H3,(H2,15,19)(H,16,18)(H,17,20)(H,21,22). The van der Waals surface area contributed by atoms with Gasteiger partial charge in [0.1, 0.15) is 11.0 Å². The number of carboxylic acid groups (broad SMARTS) is 1. The summed E-state index contributed by atoms with van der Waals surface area (Å²) in [5.74, 6) is -2.85. The second-order valence-electron chi connectivity index (χ2n) is 4.86. The van der Waals surface area contributed by atoms with Gasteiger partial charge in [0.2, 0.25) is 11.8 Å². The molecule has 1 aromatic heterocycles. The van der Waals surface area contributed by atoms with Gasteiger partial charge >= 0.3 is 5.97 Å². The Kier molecular flexibility index (Phi) is 6.70. The van der Waals surface area contributed by atoms with Crippen LogP contribution in [0, 0.1) is 0 Å². The van der Waals surface area contributed by atoms with Crippen molar-refractivity contribution in [3.05, 3.63) is 16.5 Å². The average molecular weight is 341 g/mol. The molecule has 0 saturated heterocycles. The van der Waals surface area contributed by atoms with Gasteiger partial charge < -0.3 is 21.5 Å². The van der Waals surface area contributed by atoms with Crippen molar-refractivity contribution < 1.29 is 24.3 Å². The number of carboxylic acids is 1. The Balaban J connectivity index is 2.93.